The monoisotopic (exact) mass is 298 g/mol. The summed E-state index contributed by atoms with van der Waals surface area (Å²) in [7, 11) is -3.60. The molecule has 1 heterocycles. The van der Waals surface area contributed by atoms with Crippen molar-refractivity contribution in [2.45, 2.75) is 23.8 Å². The van der Waals surface area contributed by atoms with Crippen LogP contribution in [0.3, 0.4) is 0 Å². The van der Waals surface area contributed by atoms with Gasteiger partial charge >= 0.3 is 0 Å². The molecule has 1 aliphatic carbocycles. The molecule has 1 fully saturated rings. The molecule has 3 N–H and O–H groups in total. The first-order valence-corrected chi connectivity index (χ1v) is 8.27. The van der Waals surface area contributed by atoms with Gasteiger partial charge in [-0.05, 0) is 30.9 Å². The van der Waals surface area contributed by atoms with Crippen LogP contribution in [-0.4, -0.2) is 29.8 Å². The fourth-order valence-electron chi connectivity index (χ4n) is 2.10. The highest BCUT2D eigenvalue weighted by molar-refractivity contribution is 7.89. The Morgan fingerprint density at radius 3 is 2.89 bits per heavy atom. The molecule has 0 spiro atoms. The summed E-state index contributed by atoms with van der Waals surface area (Å²) >= 11 is 1.01. The van der Waals surface area contributed by atoms with Crippen molar-refractivity contribution >= 4 is 32.8 Å². The average Bonchev–Trinajstić information content (AvgIpc) is 3.12. The summed E-state index contributed by atoms with van der Waals surface area (Å²) in [5, 5.41) is 0. The predicted molar refractivity (Wildman–Crippen MR) is 73.3 cm³/mol. The molecule has 1 aromatic heterocycles. The number of hydrogen-bond acceptors (Lipinski definition) is 6. The maximum atomic E-state index is 12.4. The third-order valence-electron chi connectivity index (χ3n) is 3.29. The third-order valence-corrected chi connectivity index (χ3v) is 5.35. The van der Waals surface area contributed by atoms with E-state index in [0.717, 1.165) is 24.6 Å². The van der Waals surface area contributed by atoms with Crippen LogP contribution in [0.15, 0.2) is 23.1 Å². The van der Waals surface area contributed by atoms with Gasteiger partial charge in [0.2, 0.25) is 10.0 Å². The molecule has 8 heteroatoms. The molecule has 0 bridgehead atoms. The van der Waals surface area contributed by atoms with Gasteiger partial charge in [0.1, 0.15) is 15.9 Å². The van der Waals surface area contributed by atoms with Gasteiger partial charge in [0.15, 0.2) is 0 Å². The first-order chi connectivity index (χ1) is 9.12. The number of rotatable bonds is 5. The highest BCUT2D eigenvalue weighted by Gasteiger charge is 2.34. The zero-order chi connectivity index (χ0) is 13.5. The highest BCUT2D eigenvalue weighted by Crippen LogP contribution is 2.33. The molecular weight excluding hydrogens is 284 g/mol. The van der Waals surface area contributed by atoms with Crippen LogP contribution in [0.2, 0.25) is 0 Å². The maximum Gasteiger partial charge on any atom is 0.243 e. The number of nitrogens with one attached hydrogen (secondary N) is 1. The summed E-state index contributed by atoms with van der Waals surface area (Å²) < 4.78 is 35.6. The van der Waals surface area contributed by atoms with Gasteiger partial charge in [-0.3, -0.25) is 0 Å². The molecule has 1 saturated carbocycles. The second-order valence-electron chi connectivity index (χ2n) is 4.69. The molecule has 6 nitrogen and oxygen atoms in total. The first kappa shape index (κ1) is 12.9. The number of benzene rings is 1. The van der Waals surface area contributed by atoms with Crippen LogP contribution >= 0.6 is 11.7 Å². The zero-order valence-corrected chi connectivity index (χ0v) is 11.7. The Kier molecular flexibility index (Phi) is 3.25. The van der Waals surface area contributed by atoms with Gasteiger partial charge in [-0.15, -0.1) is 0 Å². The van der Waals surface area contributed by atoms with Crippen LogP contribution in [0.1, 0.15) is 12.8 Å². The molecule has 1 atom stereocenters. The Morgan fingerprint density at radius 2 is 2.21 bits per heavy atom. The van der Waals surface area contributed by atoms with E-state index in [1.807, 2.05) is 0 Å². The Bertz CT molecular complexity index is 694. The second-order valence-corrected chi connectivity index (χ2v) is 6.90. The summed E-state index contributed by atoms with van der Waals surface area (Å²) in [6.07, 6.45) is 2.07. The molecule has 2 aromatic rings. The number of nitrogens with zero attached hydrogens (tertiary/aromatic N) is 2. The number of aromatic nitrogens is 2. The predicted octanol–water partition coefficient (Wildman–Crippen LogP) is 0.707. The lowest BCUT2D eigenvalue weighted by molar-refractivity contribution is 0.519. The van der Waals surface area contributed by atoms with Gasteiger partial charge in [-0.25, -0.2) is 13.1 Å². The van der Waals surface area contributed by atoms with Crippen molar-refractivity contribution in [3.05, 3.63) is 18.2 Å². The first-order valence-electron chi connectivity index (χ1n) is 6.05. The van der Waals surface area contributed by atoms with Crippen molar-refractivity contribution in [2.24, 2.45) is 11.7 Å². The van der Waals surface area contributed by atoms with Crippen LogP contribution < -0.4 is 10.5 Å². The van der Waals surface area contributed by atoms with Gasteiger partial charge in [0.25, 0.3) is 0 Å². The average molecular weight is 298 g/mol. The molecule has 19 heavy (non-hydrogen) atoms. The Hall–Kier alpha value is -1.09. The molecule has 1 aliphatic rings. The van der Waals surface area contributed by atoms with E-state index < -0.39 is 10.0 Å². The summed E-state index contributed by atoms with van der Waals surface area (Å²) in [5.74, 6) is 0.368. The summed E-state index contributed by atoms with van der Waals surface area (Å²) in [4.78, 5) is 0.179. The zero-order valence-electron chi connectivity index (χ0n) is 10.1. The highest BCUT2D eigenvalue weighted by atomic mass is 32.2. The van der Waals surface area contributed by atoms with Crippen molar-refractivity contribution in [1.82, 2.24) is 13.5 Å². The lowest BCUT2D eigenvalue weighted by Gasteiger charge is -2.16. The Labute approximate surface area is 115 Å². The SMILES string of the molecule is NCC(NS(=O)(=O)c1cccc2nsnc12)C1CC1. The fraction of sp³-hybridized carbons (Fsp3) is 0.455. The second kappa shape index (κ2) is 4.78. The van der Waals surface area contributed by atoms with Gasteiger partial charge in [0.05, 0.1) is 11.7 Å². The van der Waals surface area contributed by atoms with Gasteiger partial charge in [-0.1, -0.05) is 6.07 Å². The van der Waals surface area contributed by atoms with Gasteiger partial charge in [-0.2, -0.15) is 8.75 Å². The van der Waals surface area contributed by atoms with Crippen LogP contribution in [0.5, 0.6) is 0 Å². The lowest BCUT2D eigenvalue weighted by Crippen LogP contribution is -2.41. The standard InChI is InChI=1S/C11H14N4O2S2/c12-6-9(7-4-5-7)15-19(16,17)10-3-1-2-8-11(10)14-18-13-8/h1-3,7,9,15H,4-6,12H2. The molecule has 1 unspecified atom stereocenters. The van der Waals surface area contributed by atoms with Gasteiger partial charge in [0, 0.05) is 12.6 Å². The van der Waals surface area contributed by atoms with E-state index in [0.29, 0.717) is 23.5 Å². The molecule has 0 aliphatic heterocycles. The quantitative estimate of drug-likeness (QED) is 0.847. The molecule has 3 rings (SSSR count). The minimum Gasteiger partial charge on any atom is -0.329 e. The fourth-order valence-corrected chi connectivity index (χ4v) is 4.18. The molecular formula is C11H14N4O2S2. The van der Waals surface area contributed by atoms with Crippen molar-refractivity contribution in [3.8, 4) is 0 Å². The molecule has 0 amide bonds. The summed E-state index contributed by atoms with van der Waals surface area (Å²) in [6.45, 7) is 0.315. The van der Waals surface area contributed by atoms with Crippen molar-refractivity contribution in [2.75, 3.05) is 6.54 Å². The minimum atomic E-state index is -3.60. The minimum absolute atomic E-state index is 0.179. The van der Waals surface area contributed by atoms with E-state index in [2.05, 4.69) is 13.5 Å². The van der Waals surface area contributed by atoms with Crippen LogP contribution in [0.4, 0.5) is 0 Å². The van der Waals surface area contributed by atoms with Crippen LogP contribution in [0.25, 0.3) is 11.0 Å². The molecule has 1 aromatic carbocycles. The number of sulfonamides is 1. The molecule has 0 saturated heterocycles. The number of nitrogens with two attached hydrogens (primary N) is 1. The van der Waals surface area contributed by atoms with E-state index in [9.17, 15) is 8.42 Å². The van der Waals surface area contributed by atoms with E-state index in [1.54, 1.807) is 18.2 Å². The number of fused-ring (bicyclic) bond motifs is 1. The van der Waals surface area contributed by atoms with Crippen molar-refractivity contribution in [1.29, 1.82) is 0 Å². The van der Waals surface area contributed by atoms with E-state index in [1.165, 1.54) is 0 Å². The Balaban J connectivity index is 1.97. The van der Waals surface area contributed by atoms with E-state index in [-0.39, 0.29) is 10.9 Å². The largest absolute Gasteiger partial charge is 0.329 e. The Morgan fingerprint density at radius 1 is 1.42 bits per heavy atom. The van der Waals surface area contributed by atoms with Gasteiger partial charge < -0.3 is 5.73 Å². The lowest BCUT2D eigenvalue weighted by atomic mass is 10.2. The third kappa shape index (κ3) is 2.48. The normalized spacial score (nSPS) is 17.7. The summed E-state index contributed by atoms with van der Waals surface area (Å²) in [6, 6.07) is 4.78. The van der Waals surface area contributed by atoms with Crippen molar-refractivity contribution in [3.63, 3.8) is 0 Å². The van der Waals surface area contributed by atoms with Crippen molar-refractivity contribution < 1.29 is 8.42 Å². The number of hydrogen-bond donors (Lipinski definition) is 2. The smallest absolute Gasteiger partial charge is 0.243 e. The molecule has 102 valence electrons. The van der Waals surface area contributed by atoms with Crippen LogP contribution in [-0.2, 0) is 10.0 Å². The maximum absolute atomic E-state index is 12.4. The van der Waals surface area contributed by atoms with E-state index >= 15 is 0 Å². The molecule has 0 radical (unpaired) electrons. The summed E-state index contributed by atoms with van der Waals surface area (Å²) in [5.41, 5.74) is 6.66. The topological polar surface area (TPSA) is 98.0 Å². The van der Waals surface area contributed by atoms with Crippen LogP contribution in [0, 0.1) is 5.92 Å². The van der Waals surface area contributed by atoms with E-state index in [4.69, 9.17) is 5.73 Å².